The minimum absolute atomic E-state index is 0.166. The van der Waals surface area contributed by atoms with Crippen LogP contribution < -0.4 is 5.73 Å². The van der Waals surface area contributed by atoms with Crippen LogP contribution in [-0.2, 0) is 11.3 Å². The number of carbonyl (C=O) groups is 1. The summed E-state index contributed by atoms with van der Waals surface area (Å²) in [5, 5.41) is 0. The predicted octanol–water partition coefficient (Wildman–Crippen LogP) is 2.33. The molecule has 0 spiro atoms. The topological polar surface area (TPSA) is 49.6 Å². The highest BCUT2D eigenvalue weighted by Gasteiger charge is 2.13. The largest absolute Gasteiger partial charge is 0.399 e. The molecule has 0 saturated heterocycles. The lowest BCUT2D eigenvalue weighted by Crippen LogP contribution is -2.38. The summed E-state index contributed by atoms with van der Waals surface area (Å²) in [4.78, 5) is 15.9. The van der Waals surface area contributed by atoms with Gasteiger partial charge in [0.1, 0.15) is 0 Å². The van der Waals surface area contributed by atoms with Gasteiger partial charge in [-0.05, 0) is 38.6 Å². The molecule has 1 rings (SSSR count). The van der Waals surface area contributed by atoms with Crippen molar-refractivity contribution in [1.29, 1.82) is 0 Å². The van der Waals surface area contributed by atoms with Gasteiger partial charge in [0.05, 0.1) is 6.54 Å². The zero-order chi connectivity index (χ0) is 14.4. The molecule has 19 heavy (non-hydrogen) atoms. The van der Waals surface area contributed by atoms with Gasteiger partial charge < -0.3 is 10.6 Å². The van der Waals surface area contributed by atoms with Crippen molar-refractivity contribution in [2.45, 2.75) is 20.4 Å². The van der Waals surface area contributed by atoms with Crippen molar-refractivity contribution in [3.05, 3.63) is 28.2 Å². The molecule has 0 radical (unpaired) electrons. The maximum Gasteiger partial charge on any atom is 0.236 e. The third-order valence-electron chi connectivity index (χ3n) is 3.04. The Kier molecular flexibility index (Phi) is 6.31. The van der Waals surface area contributed by atoms with E-state index in [9.17, 15) is 4.79 Å². The first-order valence-electron chi connectivity index (χ1n) is 6.48. The summed E-state index contributed by atoms with van der Waals surface area (Å²) in [7, 11) is 1.95. The highest BCUT2D eigenvalue weighted by molar-refractivity contribution is 9.10. The van der Waals surface area contributed by atoms with Crippen molar-refractivity contribution >= 4 is 27.5 Å². The summed E-state index contributed by atoms with van der Waals surface area (Å²) >= 11 is 3.50. The predicted molar refractivity (Wildman–Crippen MR) is 82.8 cm³/mol. The van der Waals surface area contributed by atoms with E-state index in [1.54, 1.807) is 0 Å². The molecule has 0 fully saturated rings. The van der Waals surface area contributed by atoms with Crippen molar-refractivity contribution in [3.8, 4) is 0 Å². The molecular formula is C14H22BrN3O. The monoisotopic (exact) mass is 327 g/mol. The highest BCUT2D eigenvalue weighted by atomic mass is 79.9. The summed E-state index contributed by atoms with van der Waals surface area (Å²) in [5.74, 6) is 0.166. The van der Waals surface area contributed by atoms with E-state index in [-0.39, 0.29) is 5.91 Å². The minimum atomic E-state index is 0.166. The number of hydrogen-bond acceptors (Lipinski definition) is 3. The van der Waals surface area contributed by atoms with Crippen LogP contribution in [0, 0.1) is 0 Å². The van der Waals surface area contributed by atoms with Crippen LogP contribution in [0.2, 0.25) is 0 Å². The van der Waals surface area contributed by atoms with Gasteiger partial charge in [0.15, 0.2) is 0 Å². The summed E-state index contributed by atoms with van der Waals surface area (Å²) in [6.45, 7) is 6.66. The van der Waals surface area contributed by atoms with Crippen LogP contribution in [0.15, 0.2) is 22.7 Å². The molecule has 1 aromatic carbocycles. The second kappa shape index (κ2) is 7.50. The van der Waals surface area contributed by atoms with Crippen molar-refractivity contribution in [3.63, 3.8) is 0 Å². The van der Waals surface area contributed by atoms with Crippen LogP contribution >= 0.6 is 15.9 Å². The van der Waals surface area contributed by atoms with Crippen molar-refractivity contribution in [1.82, 2.24) is 9.80 Å². The lowest BCUT2D eigenvalue weighted by atomic mass is 10.2. The number of nitrogen functional groups attached to an aromatic ring is 1. The van der Waals surface area contributed by atoms with Crippen molar-refractivity contribution in [2.24, 2.45) is 0 Å². The van der Waals surface area contributed by atoms with Gasteiger partial charge in [-0.15, -0.1) is 0 Å². The molecule has 1 aromatic rings. The Hall–Kier alpha value is -1.07. The molecular weight excluding hydrogens is 306 g/mol. The second-order valence-corrected chi connectivity index (χ2v) is 5.44. The Bertz CT molecular complexity index is 433. The van der Waals surface area contributed by atoms with Gasteiger partial charge in [-0.25, -0.2) is 0 Å². The quantitative estimate of drug-likeness (QED) is 0.816. The first-order chi connectivity index (χ1) is 8.97. The van der Waals surface area contributed by atoms with E-state index in [0.29, 0.717) is 13.1 Å². The van der Waals surface area contributed by atoms with Crippen LogP contribution in [0.25, 0.3) is 0 Å². The Morgan fingerprint density at radius 1 is 1.32 bits per heavy atom. The van der Waals surface area contributed by atoms with Gasteiger partial charge in [-0.2, -0.15) is 0 Å². The number of carbonyl (C=O) groups excluding carboxylic acids is 1. The third-order valence-corrected chi connectivity index (χ3v) is 3.78. The maximum atomic E-state index is 12.0. The normalized spacial score (nSPS) is 10.8. The van der Waals surface area contributed by atoms with E-state index >= 15 is 0 Å². The van der Waals surface area contributed by atoms with Crippen molar-refractivity contribution < 1.29 is 4.79 Å². The smallest absolute Gasteiger partial charge is 0.236 e. The van der Waals surface area contributed by atoms with Gasteiger partial charge in [0.2, 0.25) is 5.91 Å². The fourth-order valence-corrected chi connectivity index (χ4v) is 2.47. The molecule has 106 valence electrons. The number of anilines is 1. The van der Waals surface area contributed by atoms with Gasteiger partial charge in [0, 0.05) is 29.8 Å². The lowest BCUT2D eigenvalue weighted by molar-refractivity contribution is -0.131. The molecule has 0 atom stereocenters. The molecule has 0 bridgehead atoms. The van der Waals surface area contributed by atoms with Crippen LogP contribution in [-0.4, -0.2) is 42.4 Å². The first kappa shape index (κ1) is 16.0. The molecule has 0 aliphatic rings. The Morgan fingerprint density at radius 2 is 1.95 bits per heavy atom. The number of hydrogen-bond donors (Lipinski definition) is 1. The summed E-state index contributed by atoms with van der Waals surface area (Å²) in [6.07, 6.45) is 0. The average Bonchev–Trinajstić information content (AvgIpc) is 2.34. The average molecular weight is 328 g/mol. The number of likely N-dealkylation sites (N-methyl/N-ethyl adjacent to an activating group) is 2. The van der Waals surface area contributed by atoms with E-state index in [1.165, 1.54) is 0 Å². The molecule has 0 aromatic heterocycles. The van der Waals surface area contributed by atoms with Crippen LogP contribution in [0.4, 0.5) is 5.69 Å². The fourth-order valence-electron chi connectivity index (χ4n) is 1.95. The number of amides is 1. The number of nitrogens with two attached hydrogens (primary N) is 1. The highest BCUT2D eigenvalue weighted by Crippen LogP contribution is 2.20. The minimum Gasteiger partial charge on any atom is -0.399 e. The van der Waals surface area contributed by atoms with Gasteiger partial charge >= 0.3 is 0 Å². The molecule has 0 saturated carbocycles. The molecule has 0 aliphatic heterocycles. The van der Waals surface area contributed by atoms with Crippen LogP contribution in [0.5, 0.6) is 0 Å². The Labute approximate surface area is 123 Å². The van der Waals surface area contributed by atoms with Crippen LogP contribution in [0.1, 0.15) is 19.4 Å². The fraction of sp³-hybridized carbons (Fsp3) is 0.500. The summed E-state index contributed by atoms with van der Waals surface area (Å²) in [6, 6.07) is 5.74. The van der Waals surface area contributed by atoms with Gasteiger partial charge in [-0.1, -0.05) is 22.0 Å². The number of benzene rings is 1. The molecule has 2 N–H and O–H groups in total. The van der Waals surface area contributed by atoms with Crippen LogP contribution in [0.3, 0.4) is 0 Å². The summed E-state index contributed by atoms with van der Waals surface area (Å²) in [5.41, 5.74) is 7.57. The zero-order valence-electron chi connectivity index (χ0n) is 11.8. The number of rotatable bonds is 6. The summed E-state index contributed by atoms with van der Waals surface area (Å²) < 4.78 is 0.981. The van der Waals surface area contributed by atoms with E-state index in [4.69, 9.17) is 5.73 Å². The zero-order valence-corrected chi connectivity index (χ0v) is 13.4. The maximum absolute atomic E-state index is 12.0. The number of halogens is 1. The van der Waals surface area contributed by atoms with E-state index in [1.807, 2.05) is 48.9 Å². The molecule has 0 aliphatic carbocycles. The second-order valence-electron chi connectivity index (χ2n) is 4.59. The molecule has 0 unspecified atom stereocenters. The van der Waals surface area contributed by atoms with Gasteiger partial charge in [-0.3, -0.25) is 9.69 Å². The van der Waals surface area contributed by atoms with E-state index < -0.39 is 0 Å². The van der Waals surface area contributed by atoms with E-state index in [2.05, 4.69) is 15.9 Å². The Morgan fingerprint density at radius 3 is 2.47 bits per heavy atom. The molecule has 1 amide bonds. The van der Waals surface area contributed by atoms with Gasteiger partial charge in [0.25, 0.3) is 0 Å². The van der Waals surface area contributed by atoms with E-state index in [0.717, 1.165) is 28.8 Å². The lowest BCUT2D eigenvalue weighted by Gasteiger charge is -2.23. The molecule has 0 heterocycles. The standard InChI is InChI=1S/C14H22BrN3O/c1-4-18(5-2)14(19)10-17(3)9-11-6-7-12(16)8-13(11)15/h6-8H,4-5,9-10,16H2,1-3H3. The SMILES string of the molecule is CCN(CC)C(=O)CN(C)Cc1ccc(N)cc1Br. The first-order valence-corrected chi connectivity index (χ1v) is 7.27. The Balaban J connectivity index is 2.60. The third kappa shape index (κ3) is 4.84. The molecule has 5 heteroatoms. The van der Waals surface area contributed by atoms with Crippen molar-refractivity contribution in [2.75, 3.05) is 32.4 Å². The molecule has 4 nitrogen and oxygen atoms in total. The number of nitrogens with zero attached hydrogens (tertiary/aromatic N) is 2.